The number of amides is 1. The summed E-state index contributed by atoms with van der Waals surface area (Å²) in [6.45, 7) is 4.01. The van der Waals surface area contributed by atoms with Gasteiger partial charge in [-0.1, -0.05) is 12.1 Å². The Bertz CT molecular complexity index is 553. The Balaban J connectivity index is 1.98. The number of nitrogens with zero attached hydrogens (tertiary/aromatic N) is 2. The molecule has 2 unspecified atom stereocenters. The van der Waals surface area contributed by atoms with Gasteiger partial charge < -0.3 is 15.4 Å². The molecule has 0 bridgehead atoms. The summed E-state index contributed by atoms with van der Waals surface area (Å²) in [6.07, 6.45) is 1.66. The third kappa shape index (κ3) is 2.71. The van der Waals surface area contributed by atoms with Gasteiger partial charge in [-0.15, -0.1) is 0 Å². The molecule has 1 aromatic carbocycles. The van der Waals surface area contributed by atoms with Crippen LogP contribution in [-0.4, -0.2) is 56.0 Å². The highest BCUT2D eigenvalue weighted by atomic mass is 16.5. The van der Waals surface area contributed by atoms with E-state index in [-0.39, 0.29) is 17.9 Å². The molecule has 5 nitrogen and oxygen atoms in total. The molecule has 1 saturated heterocycles. The lowest BCUT2D eigenvalue weighted by atomic mass is 9.78. The fraction of sp³-hybridized carbons (Fsp3) is 0.588. The number of likely N-dealkylation sites (N-methyl/N-ethyl adjacent to an activating group) is 1. The standard InChI is InChI=1S/C17H25N3O2/c1-19-8-10-20(11-9-19)16-13-4-3-5-15(22-2)12(13)6-7-14(16)17(18)21/h3-5,14,16H,6-11H2,1-2H3,(H2,18,21). The van der Waals surface area contributed by atoms with Crippen molar-refractivity contribution in [2.75, 3.05) is 40.3 Å². The largest absolute Gasteiger partial charge is 0.496 e. The predicted octanol–water partition coefficient (Wildman–Crippen LogP) is 1.03. The van der Waals surface area contributed by atoms with Gasteiger partial charge in [0.2, 0.25) is 5.91 Å². The van der Waals surface area contributed by atoms with Crippen LogP contribution in [0, 0.1) is 5.92 Å². The number of ether oxygens (including phenoxy) is 1. The number of hydrogen-bond donors (Lipinski definition) is 1. The molecular weight excluding hydrogens is 278 g/mol. The number of nitrogens with two attached hydrogens (primary N) is 1. The van der Waals surface area contributed by atoms with E-state index in [0.717, 1.165) is 44.8 Å². The zero-order valence-corrected chi connectivity index (χ0v) is 13.4. The van der Waals surface area contributed by atoms with E-state index in [1.807, 2.05) is 12.1 Å². The highest BCUT2D eigenvalue weighted by Gasteiger charge is 2.38. The summed E-state index contributed by atoms with van der Waals surface area (Å²) in [5.41, 5.74) is 8.18. The molecule has 120 valence electrons. The second-order valence-corrected chi connectivity index (χ2v) is 6.36. The van der Waals surface area contributed by atoms with E-state index in [2.05, 4.69) is 22.9 Å². The number of hydrogen-bond acceptors (Lipinski definition) is 4. The smallest absolute Gasteiger partial charge is 0.222 e. The van der Waals surface area contributed by atoms with Crippen molar-refractivity contribution in [3.63, 3.8) is 0 Å². The highest BCUT2D eigenvalue weighted by molar-refractivity contribution is 5.78. The number of benzene rings is 1. The van der Waals surface area contributed by atoms with Crippen molar-refractivity contribution in [3.05, 3.63) is 29.3 Å². The maximum Gasteiger partial charge on any atom is 0.222 e. The first-order chi connectivity index (χ1) is 10.6. The van der Waals surface area contributed by atoms with Gasteiger partial charge in [-0.2, -0.15) is 0 Å². The number of rotatable bonds is 3. The SMILES string of the molecule is COc1cccc2c1CCC(C(N)=O)C2N1CCN(C)CC1. The van der Waals surface area contributed by atoms with Crippen molar-refractivity contribution in [2.45, 2.75) is 18.9 Å². The molecule has 1 aliphatic carbocycles. The Hall–Kier alpha value is -1.59. The molecule has 1 heterocycles. The van der Waals surface area contributed by atoms with E-state index < -0.39 is 0 Å². The van der Waals surface area contributed by atoms with E-state index in [1.54, 1.807) is 7.11 Å². The summed E-state index contributed by atoms with van der Waals surface area (Å²) >= 11 is 0. The first-order valence-electron chi connectivity index (χ1n) is 7.99. The fourth-order valence-corrected chi connectivity index (χ4v) is 3.84. The van der Waals surface area contributed by atoms with E-state index in [0.29, 0.717) is 0 Å². The summed E-state index contributed by atoms with van der Waals surface area (Å²) in [5, 5.41) is 0. The molecule has 5 heteroatoms. The minimum atomic E-state index is -0.183. The molecule has 1 aliphatic heterocycles. The van der Waals surface area contributed by atoms with Gasteiger partial charge in [0, 0.05) is 32.2 Å². The first-order valence-corrected chi connectivity index (χ1v) is 7.99. The molecule has 0 aromatic heterocycles. The number of fused-ring (bicyclic) bond motifs is 1. The monoisotopic (exact) mass is 303 g/mol. The Labute approximate surface area is 132 Å². The molecule has 3 rings (SSSR count). The second-order valence-electron chi connectivity index (χ2n) is 6.36. The van der Waals surface area contributed by atoms with Gasteiger partial charge in [0.05, 0.1) is 13.0 Å². The van der Waals surface area contributed by atoms with Crippen LogP contribution in [-0.2, 0) is 11.2 Å². The van der Waals surface area contributed by atoms with Crippen LogP contribution < -0.4 is 10.5 Å². The molecule has 0 radical (unpaired) electrons. The van der Waals surface area contributed by atoms with Crippen LogP contribution >= 0.6 is 0 Å². The van der Waals surface area contributed by atoms with Crippen LogP contribution in [0.2, 0.25) is 0 Å². The summed E-state index contributed by atoms with van der Waals surface area (Å²) in [4.78, 5) is 16.7. The Morgan fingerprint density at radius 3 is 2.64 bits per heavy atom. The first kappa shape index (κ1) is 15.3. The van der Waals surface area contributed by atoms with Crippen molar-refractivity contribution in [3.8, 4) is 5.75 Å². The zero-order valence-electron chi connectivity index (χ0n) is 13.4. The van der Waals surface area contributed by atoms with Crippen LogP contribution in [0.15, 0.2) is 18.2 Å². The summed E-state index contributed by atoms with van der Waals surface area (Å²) in [5.74, 6) is 0.639. The zero-order chi connectivity index (χ0) is 15.7. The van der Waals surface area contributed by atoms with E-state index in [4.69, 9.17) is 10.5 Å². The summed E-state index contributed by atoms with van der Waals surface area (Å²) < 4.78 is 5.52. The minimum Gasteiger partial charge on any atom is -0.496 e. The number of methoxy groups -OCH3 is 1. The Kier molecular flexibility index (Phi) is 4.36. The van der Waals surface area contributed by atoms with Crippen molar-refractivity contribution in [1.82, 2.24) is 9.80 Å². The van der Waals surface area contributed by atoms with Crippen LogP contribution in [0.5, 0.6) is 5.75 Å². The van der Waals surface area contributed by atoms with Gasteiger partial charge in [-0.05, 0) is 37.1 Å². The average molecular weight is 303 g/mol. The highest BCUT2D eigenvalue weighted by Crippen LogP contribution is 2.42. The molecule has 0 saturated carbocycles. The molecule has 1 aromatic rings. The van der Waals surface area contributed by atoms with Gasteiger partial charge in [-0.3, -0.25) is 9.69 Å². The molecule has 0 spiro atoms. The topological polar surface area (TPSA) is 58.8 Å². The van der Waals surface area contributed by atoms with Crippen LogP contribution in [0.1, 0.15) is 23.6 Å². The number of carbonyl (C=O) groups excluding carboxylic acids is 1. The molecule has 2 N–H and O–H groups in total. The molecular formula is C17H25N3O2. The molecule has 2 atom stereocenters. The van der Waals surface area contributed by atoms with E-state index in [9.17, 15) is 4.79 Å². The van der Waals surface area contributed by atoms with Crippen LogP contribution in [0.3, 0.4) is 0 Å². The molecule has 1 amide bonds. The maximum absolute atomic E-state index is 12.0. The minimum absolute atomic E-state index is 0.0880. The van der Waals surface area contributed by atoms with E-state index >= 15 is 0 Å². The van der Waals surface area contributed by atoms with Crippen LogP contribution in [0.4, 0.5) is 0 Å². The quantitative estimate of drug-likeness (QED) is 0.906. The third-order valence-electron chi connectivity index (χ3n) is 5.09. The van der Waals surface area contributed by atoms with Crippen molar-refractivity contribution in [1.29, 1.82) is 0 Å². The van der Waals surface area contributed by atoms with Gasteiger partial charge in [0.1, 0.15) is 5.75 Å². The summed E-state index contributed by atoms with van der Waals surface area (Å²) in [7, 11) is 3.85. The van der Waals surface area contributed by atoms with Crippen molar-refractivity contribution in [2.24, 2.45) is 11.7 Å². The number of carbonyl (C=O) groups is 1. The normalized spacial score (nSPS) is 26.5. The molecule has 22 heavy (non-hydrogen) atoms. The van der Waals surface area contributed by atoms with Crippen molar-refractivity contribution >= 4 is 5.91 Å². The van der Waals surface area contributed by atoms with Crippen LogP contribution in [0.25, 0.3) is 0 Å². The number of piperazine rings is 1. The van der Waals surface area contributed by atoms with Crippen molar-refractivity contribution < 1.29 is 9.53 Å². The van der Waals surface area contributed by atoms with Gasteiger partial charge >= 0.3 is 0 Å². The average Bonchev–Trinajstić information content (AvgIpc) is 2.53. The Morgan fingerprint density at radius 2 is 2.00 bits per heavy atom. The predicted molar refractivity (Wildman–Crippen MR) is 85.8 cm³/mol. The molecule has 2 aliphatic rings. The Morgan fingerprint density at radius 1 is 1.27 bits per heavy atom. The van der Waals surface area contributed by atoms with Gasteiger partial charge in [-0.25, -0.2) is 0 Å². The molecule has 1 fully saturated rings. The fourth-order valence-electron chi connectivity index (χ4n) is 3.84. The maximum atomic E-state index is 12.0. The van der Waals surface area contributed by atoms with Gasteiger partial charge in [0.15, 0.2) is 0 Å². The lowest BCUT2D eigenvalue weighted by Crippen LogP contribution is -2.50. The van der Waals surface area contributed by atoms with Gasteiger partial charge in [0.25, 0.3) is 0 Å². The second kappa shape index (κ2) is 6.26. The summed E-state index contributed by atoms with van der Waals surface area (Å²) in [6, 6.07) is 6.25. The lowest BCUT2D eigenvalue weighted by molar-refractivity contribution is -0.125. The lowest BCUT2D eigenvalue weighted by Gasteiger charge is -2.43. The van der Waals surface area contributed by atoms with E-state index in [1.165, 1.54) is 11.1 Å². The third-order valence-corrected chi connectivity index (χ3v) is 5.09. The number of primary amides is 1.